The van der Waals surface area contributed by atoms with Crippen molar-refractivity contribution in [2.24, 2.45) is 0 Å². The highest BCUT2D eigenvalue weighted by Gasteiger charge is 2.08. The molecule has 1 heterocycles. The summed E-state index contributed by atoms with van der Waals surface area (Å²) in [7, 11) is 0. The van der Waals surface area contributed by atoms with E-state index in [-0.39, 0.29) is 11.5 Å². The van der Waals surface area contributed by atoms with Gasteiger partial charge in [-0.15, -0.1) is 0 Å². The zero-order valence-electron chi connectivity index (χ0n) is 6.42. The molecule has 1 rings (SSSR count). The molecule has 0 aliphatic heterocycles. The van der Waals surface area contributed by atoms with Gasteiger partial charge in [0.25, 0.3) is 6.43 Å². The third-order valence-electron chi connectivity index (χ3n) is 1.42. The van der Waals surface area contributed by atoms with Crippen molar-refractivity contribution in [3.05, 3.63) is 29.6 Å². The average Bonchev–Trinajstić information content (AvgIpc) is 2.04. The van der Waals surface area contributed by atoms with Gasteiger partial charge >= 0.3 is 0 Å². The van der Waals surface area contributed by atoms with Crippen molar-refractivity contribution in [2.75, 3.05) is 0 Å². The van der Waals surface area contributed by atoms with Crippen LogP contribution in [0.15, 0.2) is 18.3 Å². The lowest BCUT2D eigenvalue weighted by atomic mass is 10.2. The van der Waals surface area contributed by atoms with Gasteiger partial charge < -0.3 is 0 Å². The Labute approximate surface area is 68.2 Å². The SMILES string of the molecule is CC(=O)c1ccc(C(F)F)nc1. The fraction of sp³-hybridized carbons (Fsp3) is 0.250. The van der Waals surface area contributed by atoms with Crippen LogP contribution in [0, 0.1) is 0 Å². The second-order valence-electron chi connectivity index (χ2n) is 2.33. The molecular weight excluding hydrogens is 164 g/mol. The van der Waals surface area contributed by atoms with Gasteiger partial charge in [0.15, 0.2) is 5.78 Å². The fourth-order valence-electron chi connectivity index (χ4n) is 0.743. The van der Waals surface area contributed by atoms with E-state index in [1.54, 1.807) is 0 Å². The molecule has 0 amide bonds. The van der Waals surface area contributed by atoms with Gasteiger partial charge in [0.2, 0.25) is 0 Å². The smallest absolute Gasteiger partial charge is 0.280 e. The molecule has 0 saturated carbocycles. The van der Waals surface area contributed by atoms with Crippen molar-refractivity contribution < 1.29 is 13.6 Å². The summed E-state index contributed by atoms with van der Waals surface area (Å²) >= 11 is 0. The number of carbonyl (C=O) groups excluding carboxylic acids is 1. The van der Waals surface area contributed by atoms with E-state index in [1.807, 2.05) is 0 Å². The Morgan fingerprint density at radius 1 is 1.50 bits per heavy atom. The number of halogens is 2. The van der Waals surface area contributed by atoms with Crippen LogP contribution in [0.4, 0.5) is 8.78 Å². The van der Waals surface area contributed by atoms with Crippen LogP contribution >= 0.6 is 0 Å². The topological polar surface area (TPSA) is 30.0 Å². The minimum Gasteiger partial charge on any atom is -0.294 e. The highest BCUT2D eigenvalue weighted by atomic mass is 19.3. The molecule has 0 aliphatic carbocycles. The van der Waals surface area contributed by atoms with E-state index in [1.165, 1.54) is 13.0 Å². The quantitative estimate of drug-likeness (QED) is 0.638. The first-order valence-corrected chi connectivity index (χ1v) is 3.36. The highest BCUT2D eigenvalue weighted by Crippen LogP contribution is 2.15. The van der Waals surface area contributed by atoms with Crippen LogP contribution in [-0.2, 0) is 0 Å². The molecule has 1 aromatic heterocycles. The van der Waals surface area contributed by atoms with Crippen molar-refractivity contribution >= 4 is 5.78 Å². The number of hydrogen-bond acceptors (Lipinski definition) is 2. The van der Waals surface area contributed by atoms with E-state index in [4.69, 9.17) is 0 Å². The molecule has 0 spiro atoms. The fourth-order valence-corrected chi connectivity index (χ4v) is 0.743. The lowest BCUT2D eigenvalue weighted by molar-refractivity contribution is 0.101. The summed E-state index contributed by atoms with van der Waals surface area (Å²) in [4.78, 5) is 14.1. The van der Waals surface area contributed by atoms with Crippen molar-refractivity contribution in [3.8, 4) is 0 Å². The van der Waals surface area contributed by atoms with E-state index >= 15 is 0 Å². The normalized spacial score (nSPS) is 10.3. The molecule has 0 atom stereocenters. The maximum Gasteiger partial charge on any atom is 0.280 e. The molecule has 64 valence electrons. The van der Waals surface area contributed by atoms with Crippen LogP contribution in [0.5, 0.6) is 0 Å². The molecule has 0 aromatic carbocycles. The molecule has 0 N–H and O–H groups in total. The summed E-state index contributed by atoms with van der Waals surface area (Å²) < 4.78 is 23.9. The third kappa shape index (κ3) is 1.84. The molecule has 0 bridgehead atoms. The van der Waals surface area contributed by atoms with E-state index in [0.717, 1.165) is 12.3 Å². The number of ketones is 1. The first-order valence-electron chi connectivity index (χ1n) is 3.36. The Balaban J connectivity index is 2.93. The van der Waals surface area contributed by atoms with Gasteiger partial charge in [-0.05, 0) is 19.1 Å². The van der Waals surface area contributed by atoms with Crippen molar-refractivity contribution in [2.45, 2.75) is 13.3 Å². The minimum absolute atomic E-state index is 0.177. The number of nitrogens with zero attached hydrogens (tertiary/aromatic N) is 1. The van der Waals surface area contributed by atoms with E-state index in [2.05, 4.69) is 4.98 Å². The summed E-state index contributed by atoms with van der Waals surface area (Å²) in [5.74, 6) is -0.177. The molecule has 1 aromatic rings. The summed E-state index contributed by atoms with van der Waals surface area (Å²) in [5.41, 5.74) is 0.0411. The largest absolute Gasteiger partial charge is 0.294 e. The summed E-state index contributed by atoms with van der Waals surface area (Å²) in [6.45, 7) is 1.36. The second kappa shape index (κ2) is 3.38. The number of Topliss-reactive ketones (excluding diaryl/α,β-unsaturated/α-hetero) is 1. The van der Waals surface area contributed by atoms with Crippen LogP contribution in [0.25, 0.3) is 0 Å². The predicted octanol–water partition coefficient (Wildman–Crippen LogP) is 2.22. The molecule has 12 heavy (non-hydrogen) atoms. The van der Waals surface area contributed by atoms with Crippen molar-refractivity contribution in [1.29, 1.82) is 0 Å². The Kier molecular flexibility index (Phi) is 2.47. The van der Waals surface area contributed by atoms with Crippen LogP contribution in [0.2, 0.25) is 0 Å². The van der Waals surface area contributed by atoms with Gasteiger partial charge in [-0.1, -0.05) is 0 Å². The molecule has 0 unspecified atom stereocenters. The maximum atomic E-state index is 12.0. The Morgan fingerprint density at radius 2 is 2.17 bits per heavy atom. The van der Waals surface area contributed by atoms with Gasteiger partial charge in [-0.25, -0.2) is 8.78 Å². The molecule has 0 saturated heterocycles. The van der Waals surface area contributed by atoms with Crippen molar-refractivity contribution in [1.82, 2.24) is 4.98 Å². The van der Waals surface area contributed by atoms with E-state index in [9.17, 15) is 13.6 Å². The van der Waals surface area contributed by atoms with Crippen LogP contribution < -0.4 is 0 Å². The first kappa shape index (κ1) is 8.77. The average molecular weight is 171 g/mol. The number of alkyl halides is 2. The Morgan fingerprint density at radius 3 is 2.50 bits per heavy atom. The molecule has 0 radical (unpaired) electrons. The first-order chi connectivity index (χ1) is 5.61. The third-order valence-corrected chi connectivity index (χ3v) is 1.42. The second-order valence-corrected chi connectivity index (χ2v) is 2.33. The molecule has 0 fully saturated rings. The molecule has 4 heteroatoms. The number of pyridine rings is 1. The van der Waals surface area contributed by atoms with Crippen LogP contribution in [0.1, 0.15) is 29.4 Å². The van der Waals surface area contributed by atoms with Gasteiger partial charge in [0, 0.05) is 11.8 Å². The Bertz CT molecular complexity index is 282. The zero-order valence-corrected chi connectivity index (χ0v) is 6.42. The summed E-state index contributed by atoms with van der Waals surface area (Å²) in [5, 5.41) is 0. The van der Waals surface area contributed by atoms with Crippen molar-refractivity contribution in [3.63, 3.8) is 0 Å². The predicted molar refractivity (Wildman–Crippen MR) is 39.2 cm³/mol. The van der Waals surface area contributed by atoms with Gasteiger partial charge in [0.05, 0.1) is 0 Å². The number of carbonyl (C=O) groups is 1. The summed E-state index contributed by atoms with van der Waals surface area (Å²) in [6.07, 6.45) is -1.42. The minimum atomic E-state index is -2.58. The summed E-state index contributed by atoms with van der Waals surface area (Å²) in [6, 6.07) is 2.50. The molecule has 0 aliphatic rings. The van der Waals surface area contributed by atoms with Gasteiger partial charge in [-0.3, -0.25) is 9.78 Å². The number of rotatable bonds is 2. The van der Waals surface area contributed by atoms with E-state index in [0.29, 0.717) is 5.56 Å². The zero-order chi connectivity index (χ0) is 9.14. The standard InChI is InChI=1S/C8H7F2NO/c1-5(12)6-2-3-7(8(9)10)11-4-6/h2-4,8H,1H3. The number of hydrogen-bond donors (Lipinski definition) is 0. The van der Waals surface area contributed by atoms with Crippen LogP contribution in [-0.4, -0.2) is 10.8 Å². The molecular formula is C8H7F2NO. The van der Waals surface area contributed by atoms with Gasteiger partial charge in [-0.2, -0.15) is 0 Å². The highest BCUT2D eigenvalue weighted by molar-refractivity contribution is 5.93. The van der Waals surface area contributed by atoms with Gasteiger partial charge in [0.1, 0.15) is 5.69 Å². The number of aromatic nitrogens is 1. The lowest BCUT2D eigenvalue weighted by Crippen LogP contribution is -1.95. The van der Waals surface area contributed by atoms with E-state index < -0.39 is 6.43 Å². The van der Waals surface area contributed by atoms with Crippen LogP contribution in [0.3, 0.4) is 0 Å². The monoisotopic (exact) mass is 171 g/mol. The lowest BCUT2D eigenvalue weighted by Gasteiger charge is -1.98. The molecule has 2 nitrogen and oxygen atoms in total. The Hall–Kier alpha value is -1.32. The maximum absolute atomic E-state index is 12.0.